The average Bonchev–Trinajstić information content (AvgIpc) is 2.52. The van der Waals surface area contributed by atoms with Gasteiger partial charge < -0.3 is 10.6 Å². The topological polar surface area (TPSA) is 30.5 Å². The molecule has 0 unspecified atom stereocenters. The van der Waals surface area contributed by atoms with Crippen LogP contribution in [0.2, 0.25) is 0 Å². The Labute approximate surface area is 134 Å². The van der Waals surface area contributed by atoms with Crippen LogP contribution in [0.15, 0.2) is 60.7 Å². The third kappa shape index (κ3) is 2.96. The fourth-order valence-electron chi connectivity index (χ4n) is 2.15. The third-order valence-electron chi connectivity index (χ3n) is 3.09. The normalized spacial score (nSPS) is 14.4. The molecule has 1 saturated heterocycles. The number of hydrogen-bond acceptors (Lipinski definition) is 3. The second-order valence-electron chi connectivity index (χ2n) is 4.48. The Hall–Kier alpha value is -2.18. The predicted molar refractivity (Wildman–Crippen MR) is 93.2 cm³/mol. The number of nitrogens with one attached hydrogen (secondary N) is 2. The Morgan fingerprint density at radius 1 is 0.857 bits per heavy atom. The molecule has 0 saturated carbocycles. The molecule has 0 spiro atoms. The standard InChI is InChI=1S/C15H14N4S2/c20-14-16-11-18(15(21)17-14)19(12-7-3-1-4-8-12)13-9-5-2-6-10-13/h1-10H,11H2,(H2,16,17,20,21). The molecule has 1 heterocycles. The molecule has 1 fully saturated rings. The van der Waals surface area contributed by atoms with E-state index in [0.29, 0.717) is 16.9 Å². The molecular formula is C15H14N4S2. The quantitative estimate of drug-likeness (QED) is 0.847. The highest BCUT2D eigenvalue weighted by Gasteiger charge is 2.24. The van der Waals surface area contributed by atoms with Crippen LogP contribution in [0.3, 0.4) is 0 Å². The highest BCUT2D eigenvalue weighted by molar-refractivity contribution is 7.81. The fraction of sp³-hybridized carbons (Fsp3) is 0.0667. The van der Waals surface area contributed by atoms with Gasteiger partial charge in [-0.2, -0.15) is 0 Å². The number of hydrogen-bond donors (Lipinski definition) is 2. The van der Waals surface area contributed by atoms with Crippen molar-refractivity contribution in [3.05, 3.63) is 60.7 Å². The van der Waals surface area contributed by atoms with Crippen molar-refractivity contribution in [3.63, 3.8) is 0 Å². The monoisotopic (exact) mass is 314 g/mol. The van der Waals surface area contributed by atoms with Gasteiger partial charge in [0.25, 0.3) is 0 Å². The summed E-state index contributed by atoms with van der Waals surface area (Å²) in [7, 11) is 0. The molecule has 0 aliphatic carbocycles. The van der Waals surface area contributed by atoms with E-state index in [1.165, 1.54) is 0 Å². The second-order valence-corrected chi connectivity index (χ2v) is 5.27. The van der Waals surface area contributed by atoms with E-state index in [1.54, 1.807) is 0 Å². The van der Waals surface area contributed by atoms with E-state index in [0.717, 1.165) is 11.4 Å². The van der Waals surface area contributed by atoms with Gasteiger partial charge in [-0.15, -0.1) is 0 Å². The smallest absolute Gasteiger partial charge is 0.196 e. The molecule has 2 N–H and O–H groups in total. The minimum absolute atomic E-state index is 0.522. The minimum atomic E-state index is 0.522. The van der Waals surface area contributed by atoms with Gasteiger partial charge in [-0.3, -0.25) is 5.01 Å². The van der Waals surface area contributed by atoms with Crippen LogP contribution < -0.4 is 15.6 Å². The summed E-state index contributed by atoms with van der Waals surface area (Å²) in [5.74, 6) is 0. The SMILES string of the molecule is S=C1NCN(N(c2ccccc2)c2ccccc2)C(=S)N1. The molecule has 6 heteroatoms. The Morgan fingerprint density at radius 3 is 1.86 bits per heavy atom. The fourth-order valence-corrected chi connectivity index (χ4v) is 2.63. The Bertz CT molecular complexity index is 606. The largest absolute Gasteiger partial charge is 0.343 e. The summed E-state index contributed by atoms with van der Waals surface area (Å²) in [6.07, 6.45) is 0. The van der Waals surface area contributed by atoms with E-state index < -0.39 is 0 Å². The summed E-state index contributed by atoms with van der Waals surface area (Å²) in [5, 5.41) is 11.2. The lowest BCUT2D eigenvalue weighted by Crippen LogP contribution is -2.61. The van der Waals surface area contributed by atoms with Crippen LogP contribution in [0, 0.1) is 0 Å². The molecule has 106 valence electrons. The first-order valence-electron chi connectivity index (χ1n) is 6.52. The number of para-hydroxylation sites is 2. The van der Waals surface area contributed by atoms with Gasteiger partial charge in [0, 0.05) is 0 Å². The van der Waals surface area contributed by atoms with Crippen LogP contribution in [0.25, 0.3) is 0 Å². The van der Waals surface area contributed by atoms with E-state index in [2.05, 4.69) is 15.6 Å². The van der Waals surface area contributed by atoms with Crippen LogP contribution in [0.5, 0.6) is 0 Å². The molecule has 3 rings (SSSR count). The third-order valence-corrected chi connectivity index (χ3v) is 3.65. The Balaban J connectivity index is 2.01. The summed E-state index contributed by atoms with van der Waals surface area (Å²) in [6.45, 7) is 0.522. The molecule has 1 aliphatic heterocycles. The molecule has 21 heavy (non-hydrogen) atoms. The molecule has 0 atom stereocenters. The van der Waals surface area contributed by atoms with Crippen LogP contribution in [-0.2, 0) is 0 Å². The van der Waals surface area contributed by atoms with E-state index in [4.69, 9.17) is 24.4 Å². The Kier molecular flexibility index (Phi) is 3.98. The zero-order chi connectivity index (χ0) is 14.7. The van der Waals surface area contributed by atoms with Gasteiger partial charge in [-0.05, 0) is 48.7 Å². The zero-order valence-corrected chi connectivity index (χ0v) is 12.8. The van der Waals surface area contributed by atoms with E-state index in [-0.39, 0.29) is 0 Å². The van der Waals surface area contributed by atoms with Crippen molar-refractivity contribution in [3.8, 4) is 0 Å². The lowest BCUT2D eigenvalue weighted by Gasteiger charge is -2.41. The highest BCUT2D eigenvalue weighted by Crippen LogP contribution is 2.27. The summed E-state index contributed by atoms with van der Waals surface area (Å²) in [6, 6.07) is 20.2. The second kappa shape index (κ2) is 6.07. The number of anilines is 2. The first-order valence-corrected chi connectivity index (χ1v) is 7.34. The zero-order valence-electron chi connectivity index (χ0n) is 11.2. The summed E-state index contributed by atoms with van der Waals surface area (Å²) in [5.41, 5.74) is 2.06. The molecule has 4 nitrogen and oxygen atoms in total. The lowest BCUT2D eigenvalue weighted by atomic mass is 10.2. The van der Waals surface area contributed by atoms with E-state index >= 15 is 0 Å². The van der Waals surface area contributed by atoms with Crippen molar-refractivity contribution in [1.82, 2.24) is 15.6 Å². The van der Waals surface area contributed by atoms with Gasteiger partial charge in [0.1, 0.15) is 6.67 Å². The lowest BCUT2D eigenvalue weighted by molar-refractivity contribution is 0.402. The molecule has 0 radical (unpaired) electrons. The number of nitrogens with zero attached hydrogens (tertiary/aromatic N) is 2. The molecule has 2 aromatic rings. The van der Waals surface area contributed by atoms with Crippen LogP contribution in [0.1, 0.15) is 0 Å². The van der Waals surface area contributed by atoms with Crippen molar-refractivity contribution in [2.24, 2.45) is 0 Å². The molecule has 0 amide bonds. The number of benzene rings is 2. The maximum Gasteiger partial charge on any atom is 0.196 e. The number of hydrazine groups is 1. The molecule has 0 bridgehead atoms. The van der Waals surface area contributed by atoms with E-state index in [1.807, 2.05) is 65.7 Å². The maximum absolute atomic E-state index is 5.43. The summed E-state index contributed by atoms with van der Waals surface area (Å²) < 4.78 is 0. The summed E-state index contributed by atoms with van der Waals surface area (Å²) >= 11 is 10.5. The number of thiocarbonyl (C=S) groups is 2. The molecular weight excluding hydrogens is 300 g/mol. The van der Waals surface area contributed by atoms with Crippen LogP contribution in [-0.4, -0.2) is 21.9 Å². The van der Waals surface area contributed by atoms with Gasteiger partial charge >= 0.3 is 0 Å². The average molecular weight is 314 g/mol. The van der Waals surface area contributed by atoms with Crippen LogP contribution >= 0.6 is 24.4 Å². The first kappa shape index (κ1) is 13.8. The molecule has 1 aliphatic rings. The van der Waals surface area contributed by atoms with E-state index in [9.17, 15) is 0 Å². The van der Waals surface area contributed by atoms with Crippen molar-refractivity contribution in [2.75, 3.05) is 11.7 Å². The highest BCUT2D eigenvalue weighted by atomic mass is 32.1. The van der Waals surface area contributed by atoms with Crippen molar-refractivity contribution in [2.45, 2.75) is 0 Å². The molecule has 0 aromatic heterocycles. The van der Waals surface area contributed by atoms with Crippen molar-refractivity contribution >= 4 is 46.0 Å². The van der Waals surface area contributed by atoms with Crippen LogP contribution in [0.4, 0.5) is 11.4 Å². The Morgan fingerprint density at radius 2 is 1.38 bits per heavy atom. The predicted octanol–water partition coefficient (Wildman–Crippen LogP) is 2.76. The minimum Gasteiger partial charge on any atom is -0.343 e. The van der Waals surface area contributed by atoms with Gasteiger partial charge in [0.2, 0.25) is 0 Å². The van der Waals surface area contributed by atoms with Gasteiger partial charge in [0.05, 0.1) is 11.4 Å². The van der Waals surface area contributed by atoms with Crippen molar-refractivity contribution in [1.29, 1.82) is 0 Å². The summed E-state index contributed by atoms with van der Waals surface area (Å²) in [4.78, 5) is 0. The van der Waals surface area contributed by atoms with Gasteiger partial charge in [0.15, 0.2) is 10.2 Å². The molecule has 2 aromatic carbocycles. The maximum atomic E-state index is 5.43. The van der Waals surface area contributed by atoms with Crippen molar-refractivity contribution < 1.29 is 0 Å². The van der Waals surface area contributed by atoms with Gasteiger partial charge in [-0.25, -0.2) is 5.01 Å². The first-order chi connectivity index (χ1) is 10.3. The van der Waals surface area contributed by atoms with Gasteiger partial charge in [-0.1, -0.05) is 36.4 Å². The number of rotatable bonds is 3.